The molecule has 0 aliphatic rings. The highest BCUT2D eigenvalue weighted by Crippen LogP contribution is 2.27. The fourth-order valence-corrected chi connectivity index (χ4v) is 1.70. The second-order valence-electron chi connectivity index (χ2n) is 3.94. The molecule has 0 radical (unpaired) electrons. The summed E-state index contributed by atoms with van der Waals surface area (Å²) >= 11 is 0. The molecule has 0 fully saturated rings. The molecule has 96 valence electrons. The Hall–Kier alpha value is -1.97. The van der Waals surface area contributed by atoms with Gasteiger partial charge >= 0.3 is 0 Å². The average Bonchev–Trinajstić information content (AvgIpc) is 2.66. The Morgan fingerprint density at radius 2 is 2.11 bits per heavy atom. The molecular formula is C14H20N4. The molecule has 0 aromatic carbocycles. The van der Waals surface area contributed by atoms with Gasteiger partial charge in [-0.3, -0.25) is 9.56 Å². The molecule has 0 atom stereocenters. The van der Waals surface area contributed by atoms with Crippen LogP contribution >= 0.6 is 0 Å². The minimum Gasteiger partial charge on any atom is -0.282 e. The monoisotopic (exact) mass is 244 g/mol. The number of allylic oxidation sites excluding steroid dienone is 2. The van der Waals surface area contributed by atoms with Crippen LogP contribution in [-0.2, 0) is 0 Å². The lowest BCUT2D eigenvalue weighted by Crippen LogP contribution is -2.01. The molecular weight excluding hydrogens is 224 g/mol. The second kappa shape index (κ2) is 6.10. The van der Waals surface area contributed by atoms with Crippen molar-refractivity contribution in [3.8, 4) is 0 Å². The lowest BCUT2D eigenvalue weighted by Gasteiger charge is -2.12. The highest BCUT2D eigenvalue weighted by atomic mass is 15.2. The first kappa shape index (κ1) is 14.1. The smallest absolute Gasteiger partial charge is 0.234 e. The first-order chi connectivity index (χ1) is 8.56. The minimum absolute atomic E-state index is 0.579. The quantitative estimate of drug-likeness (QED) is 0.575. The Bertz CT molecular complexity index is 518. The van der Waals surface area contributed by atoms with E-state index in [2.05, 4.69) is 35.2 Å². The molecule has 1 rings (SSSR count). The molecule has 0 aliphatic carbocycles. The van der Waals surface area contributed by atoms with E-state index in [1.54, 1.807) is 6.21 Å². The van der Waals surface area contributed by atoms with E-state index in [-0.39, 0.29) is 0 Å². The van der Waals surface area contributed by atoms with E-state index >= 15 is 0 Å². The van der Waals surface area contributed by atoms with Gasteiger partial charge in [-0.05, 0) is 39.5 Å². The molecule has 0 spiro atoms. The number of aryl methyl sites for hydroxylation is 1. The molecule has 4 heteroatoms. The van der Waals surface area contributed by atoms with Crippen molar-refractivity contribution in [1.29, 1.82) is 0 Å². The number of nitrogens with zero attached hydrogens (tertiary/aromatic N) is 4. The van der Waals surface area contributed by atoms with Crippen LogP contribution in [0, 0.1) is 13.8 Å². The van der Waals surface area contributed by atoms with E-state index in [1.165, 1.54) is 0 Å². The summed E-state index contributed by atoms with van der Waals surface area (Å²) in [7, 11) is 0. The van der Waals surface area contributed by atoms with Gasteiger partial charge in [0.2, 0.25) is 5.95 Å². The van der Waals surface area contributed by atoms with E-state index in [1.807, 2.05) is 31.5 Å². The first-order valence-corrected chi connectivity index (χ1v) is 5.95. The minimum atomic E-state index is 0.579. The number of hydrogen-bond donors (Lipinski definition) is 0. The third-order valence-electron chi connectivity index (χ3n) is 2.87. The zero-order valence-electron chi connectivity index (χ0n) is 11.6. The van der Waals surface area contributed by atoms with Gasteiger partial charge in [0.25, 0.3) is 0 Å². The third-order valence-corrected chi connectivity index (χ3v) is 2.87. The molecule has 18 heavy (non-hydrogen) atoms. The van der Waals surface area contributed by atoms with Crippen LogP contribution in [0.4, 0.5) is 5.95 Å². The number of imidazole rings is 1. The highest BCUT2D eigenvalue weighted by molar-refractivity contribution is 5.67. The summed E-state index contributed by atoms with van der Waals surface area (Å²) in [4.78, 5) is 12.5. The molecule has 1 aromatic rings. The largest absolute Gasteiger partial charge is 0.282 e. The number of aliphatic imine (C=N–C) groups is 2. The Balaban J connectivity index is 3.29. The highest BCUT2D eigenvalue weighted by Gasteiger charge is 2.14. The summed E-state index contributed by atoms with van der Waals surface area (Å²) in [6.45, 7) is 15.6. The van der Waals surface area contributed by atoms with Gasteiger partial charge in [-0.15, -0.1) is 0 Å². The molecule has 0 saturated heterocycles. The number of aromatic nitrogens is 2. The van der Waals surface area contributed by atoms with Gasteiger partial charge in [0.05, 0.1) is 5.69 Å². The van der Waals surface area contributed by atoms with Crippen LogP contribution < -0.4 is 0 Å². The van der Waals surface area contributed by atoms with Crippen molar-refractivity contribution in [2.24, 2.45) is 9.98 Å². The molecule has 0 saturated carbocycles. The summed E-state index contributed by atoms with van der Waals surface area (Å²) in [5, 5.41) is 0. The molecule has 1 aromatic heterocycles. The van der Waals surface area contributed by atoms with Gasteiger partial charge in [0.15, 0.2) is 0 Å². The molecule has 0 bridgehead atoms. The third kappa shape index (κ3) is 2.64. The van der Waals surface area contributed by atoms with Gasteiger partial charge in [0.1, 0.15) is 0 Å². The molecule has 0 unspecified atom stereocenters. The summed E-state index contributed by atoms with van der Waals surface area (Å²) in [5.41, 5.74) is 3.87. The first-order valence-electron chi connectivity index (χ1n) is 5.95. The van der Waals surface area contributed by atoms with Gasteiger partial charge in [-0.1, -0.05) is 13.5 Å². The van der Waals surface area contributed by atoms with Crippen molar-refractivity contribution in [1.82, 2.24) is 9.55 Å². The van der Waals surface area contributed by atoms with Gasteiger partial charge in [-0.2, -0.15) is 0 Å². The molecule has 0 aliphatic heterocycles. The predicted molar refractivity (Wildman–Crippen MR) is 78.8 cm³/mol. The Morgan fingerprint density at radius 3 is 2.61 bits per heavy atom. The van der Waals surface area contributed by atoms with E-state index in [4.69, 9.17) is 0 Å². The molecule has 0 amide bonds. The van der Waals surface area contributed by atoms with Crippen LogP contribution in [-0.4, -0.2) is 22.5 Å². The van der Waals surface area contributed by atoms with E-state index in [0.717, 1.165) is 29.1 Å². The number of hydrogen-bond acceptors (Lipinski definition) is 3. The van der Waals surface area contributed by atoms with E-state index in [9.17, 15) is 0 Å². The van der Waals surface area contributed by atoms with Gasteiger partial charge in [-0.25, -0.2) is 9.98 Å². The zero-order chi connectivity index (χ0) is 13.7. The average molecular weight is 244 g/mol. The van der Waals surface area contributed by atoms with Crippen molar-refractivity contribution >= 4 is 24.6 Å². The topological polar surface area (TPSA) is 42.5 Å². The Labute approximate surface area is 108 Å². The van der Waals surface area contributed by atoms with Crippen LogP contribution in [0.1, 0.15) is 31.7 Å². The van der Waals surface area contributed by atoms with Crippen LogP contribution in [0.25, 0.3) is 5.70 Å². The summed E-state index contributed by atoms with van der Waals surface area (Å²) in [6.07, 6.45) is 4.43. The lowest BCUT2D eigenvalue weighted by molar-refractivity contribution is 0.990. The van der Waals surface area contributed by atoms with E-state index < -0.39 is 0 Å². The molecule has 0 N–H and O–H groups in total. The molecule has 4 nitrogen and oxygen atoms in total. The number of rotatable bonds is 5. The van der Waals surface area contributed by atoms with Crippen molar-refractivity contribution in [2.45, 2.75) is 34.1 Å². The normalized spacial score (nSPS) is 12.1. The summed E-state index contributed by atoms with van der Waals surface area (Å²) in [5.74, 6) is 0.579. The van der Waals surface area contributed by atoms with Crippen LogP contribution in [0.2, 0.25) is 0 Å². The Kier molecular flexibility index (Phi) is 4.77. The predicted octanol–water partition coefficient (Wildman–Crippen LogP) is 3.69. The van der Waals surface area contributed by atoms with Crippen molar-refractivity contribution in [3.63, 3.8) is 0 Å². The maximum atomic E-state index is 4.35. The fourth-order valence-electron chi connectivity index (χ4n) is 1.70. The molecule has 1 heterocycles. The van der Waals surface area contributed by atoms with Crippen LogP contribution in [0.5, 0.6) is 0 Å². The maximum Gasteiger partial charge on any atom is 0.234 e. The fraction of sp³-hybridized carbons (Fsp3) is 0.357. The van der Waals surface area contributed by atoms with Gasteiger partial charge < -0.3 is 0 Å². The van der Waals surface area contributed by atoms with Crippen LogP contribution in [0.15, 0.2) is 28.3 Å². The van der Waals surface area contributed by atoms with Crippen molar-refractivity contribution in [3.05, 3.63) is 29.7 Å². The van der Waals surface area contributed by atoms with Crippen LogP contribution in [0.3, 0.4) is 0 Å². The summed E-state index contributed by atoms with van der Waals surface area (Å²) in [6, 6.07) is 0. The van der Waals surface area contributed by atoms with E-state index in [0.29, 0.717) is 5.95 Å². The maximum absolute atomic E-state index is 4.35. The SMILES string of the molecule is C=Nc1nc(C)c(C)n1C(=C)/C(=C/N=CC)CC. The standard InChI is InChI=1S/C14H20N4/c1-7-13(9-16-8-2)12(5)18-11(4)10(3)17-14(18)15-6/h8-9H,5-7H2,1-4H3/b13-9+,16-8?. The Morgan fingerprint density at radius 1 is 1.44 bits per heavy atom. The van der Waals surface area contributed by atoms with Crippen molar-refractivity contribution in [2.75, 3.05) is 0 Å². The zero-order valence-corrected chi connectivity index (χ0v) is 11.6. The summed E-state index contributed by atoms with van der Waals surface area (Å²) < 4.78 is 1.92. The lowest BCUT2D eigenvalue weighted by atomic mass is 10.1. The van der Waals surface area contributed by atoms with Crippen molar-refractivity contribution < 1.29 is 0 Å². The van der Waals surface area contributed by atoms with Gasteiger partial charge in [0, 0.05) is 23.8 Å². The second-order valence-corrected chi connectivity index (χ2v) is 3.94.